The molecule has 0 spiro atoms. The van der Waals surface area contributed by atoms with Gasteiger partial charge in [-0.3, -0.25) is 4.90 Å². The Hall–Kier alpha value is -2.55. The number of anilines is 1. The number of benzene rings is 1. The van der Waals surface area contributed by atoms with E-state index in [1.54, 1.807) is 20.8 Å². The van der Waals surface area contributed by atoms with E-state index in [-0.39, 0.29) is 0 Å². The second-order valence-electron chi connectivity index (χ2n) is 5.50. The van der Waals surface area contributed by atoms with Gasteiger partial charge in [-0.15, -0.1) is 0 Å². The fourth-order valence-corrected chi connectivity index (χ4v) is 1.60. The number of amides is 1. The normalized spacial score (nSPS) is 12.1. The first-order valence-corrected chi connectivity index (χ1v) is 6.39. The third-order valence-electron chi connectivity index (χ3n) is 2.59. The van der Waals surface area contributed by atoms with Crippen molar-refractivity contribution in [1.82, 2.24) is 0 Å². The van der Waals surface area contributed by atoms with Gasteiger partial charge in [-0.1, -0.05) is 0 Å². The van der Waals surface area contributed by atoms with E-state index in [4.69, 9.17) is 10.00 Å². The van der Waals surface area contributed by atoms with Crippen LogP contribution in [0.4, 0.5) is 10.5 Å². The number of ether oxygens (including phenoxy) is 1. The van der Waals surface area contributed by atoms with E-state index in [1.807, 2.05) is 6.07 Å². The zero-order valence-electron chi connectivity index (χ0n) is 12.4. The van der Waals surface area contributed by atoms with Crippen molar-refractivity contribution in [2.45, 2.75) is 39.3 Å². The van der Waals surface area contributed by atoms with Crippen molar-refractivity contribution in [3.8, 4) is 6.07 Å². The number of aliphatic carboxylic acids is 1. The number of hydrogen-bond donors (Lipinski definition) is 0. The highest BCUT2D eigenvalue weighted by Gasteiger charge is 2.28. The van der Waals surface area contributed by atoms with Gasteiger partial charge < -0.3 is 14.6 Å². The number of carboxylic acids is 1. The number of rotatable bonds is 3. The molecule has 0 N–H and O–H groups in total. The minimum absolute atomic E-state index is 0.319. The number of carboxylic acid groups (broad SMARTS) is 1. The molecule has 6 heteroatoms. The third-order valence-corrected chi connectivity index (χ3v) is 2.59. The summed E-state index contributed by atoms with van der Waals surface area (Å²) >= 11 is 0. The van der Waals surface area contributed by atoms with Crippen LogP contribution in [0.5, 0.6) is 0 Å². The Kier molecular flexibility index (Phi) is 4.93. The molecule has 0 aliphatic rings. The first-order chi connectivity index (χ1) is 9.65. The summed E-state index contributed by atoms with van der Waals surface area (Å²) in [6.45, 7) is 6.39. The second kappa shape index (κ2) is 6.27. The lowest BCUT2D eigenvalue weighted by Crippen LogP contribution is -2.50. The predicted octanol–water partition coefficient (Wildman–Crippen LogP) is 1.44. The zero-order chi connectivity index (χ0) is 16.2. The topological polar surface area (TPSA) is 93.5 Å². The quantitative estimate of drug-likeness (QED) is 0.839. The lowest BCUT2D eigenvalue weighted by molar-refractivity contribution is -0.306. The molecule has 0 unspecified atom stereocenters. The van der Waals surface area contributed by atoms with Gasteiger partial charge in [0.15, 0.2) is 0 Å². The van der Waals surface area contributed by atoms with Crippen LogP contribution in [0.2, 0.25) is 0 Å². The van der Waals surface area contributed by atoms with Gasteiger partial charge in [-0.05, 0) is 52.0 Å². The molecule has 6 nitrogen and oxygen atoms in total. The molecule has 0 bridgehead atoms. The van der Waals surface area contributed by atoms with Crippen molar-refractivity contribution >= 4 is 17.7 Å². The SMILES string of the molecule is C[C@H](C(=O)[O-])N(C(=O)OC(C)(C)C)c1ccc(C#N)cc1. The first-order valence-electron chi connectivity index (χ1n) is 6.39. The number of nitrogens with zero attached hydrogens (tertiary/aromatic N) is 2. The van der Waals surface area contributed by atoms with Crippen LogP contribution in [0.15, 0.2) is 24.3 Å². The Morgan fingerprint density at radius 1 is 1.29 bits per heavy atom. The smallest absolute Gasteiger partial charge is 0.415 e. The van der Waals surface area contributed by atoms with E-state index < -0.39 is 23.7 Å². The number of carbonyl (C=O) groups excluding carboxylic acids is 2. The largest absolute Gasteiger partial charge is 0.548 e. The van der Waals surface area contributed by atoms with Crippen molar-refractivity contribution in [3.05, 3.63) is 29.8 Å². The van der Waals surface area contributed by atoms with Crippen LogP contribution < -0.4 is 10.0 Å². The van der Waals surface area contributed by atoms with Crippen LogP contribution in [0, 0.1) is 11.3 Å². The van der Waals surface area contributed by atoms with Crippen LogP contribution in [0.1, 0.15) is 33.3 Å². The van der Waals surface area contributed by atoms with Gasteiger partial charge in [-0.2, -0.15) is 5.26 Å². The van der Waals surface area contributed by atoms with Crippen LogP contribution in [-0.4, -0.2) is 23.7 Å². The maximum Gasteiger partial charge on any atom is 0.415 e. The maximum atomic E-state index is 12.2. The van der Waals surface area contributed by atoms with Crippen molar-refractivity contribution in [3.63, 3.8) is 0 Å². The summed E-state index contributed by atoms with van der Waals surface area (Å²) < 4.78 is 5.21. The van der Waals surface area contributed by atoms with Gasteiger partial charge in [0.25, 0.3) is 0 Å². The number of carbonyl (C=O) groups is 2. The molecule has 0 radical (unpaired) electrons. The van der Waals surface area contributed by atoms with E-state index in [1.165, 1.54) is 31.2 Å². The van der Waals surface area contributed by atoms with Gasteiger partial charge in [0.2, 0.25) is 0 Å². The standard InChI is InChI=1S/C15H18N2O4/c1-10(13(18)19)17(14(20)21-15(2,3)4)12-7-5-11(9-16)6-8-12/h5-8,10H,1-4H3,(H,18,19)/p-1/t10-/m1/s1. The molecule has 0 aromatic heterocycles. The minimum atomic E-state index is -1.40. The van der Waals surface area contributed by atoms with Crippen LogP contribution in [0.3, 0.4) is 0 Å². The van der Waals surface area contributed by atoms with Crippen LogP contribution >= 0.6 is 0 Å². The lowest BCUT2D eigenvalue weighted by Gasteiger charge is -2.32. The number of nitriles is 1. The number of hydrogen-bond acceptors (Lipinski definition) is 5. The fraction of sp³-hybridized carbons (Fsp3) is 0.400. The van der Waals surface area contributed by atoms with E-state index in [9.17, 15) is 14.7 Å². The van der Waals surface area contributed by atoms with Crippen molar-refractivity contribution in [2.24, 2.45) is 0 Å². The molecule has 21 heavy (non-hydrogen) atoms. The maximum absolute atomic E-state index is 12.2. The van der Waals surface area contributed by atoms with Crippen molar-refractivity contribution in [1.29, 1.82) is 5.26 Å². The average Bonchev–Trinajstić information content (AvgIpc) is 2.37. The van der Waals surface area contributed by atoms with Crippen LogP contribution in [-0.2, 0) is 9.53 Å². The third kappa shape index (κ3) is 4.49. The second-order valence-corrected chi connectivity index (χ2v) is 5.50. The monoisotopic (exact) mass is 289 g/mol. The molecule has 0 aliphatic carbocycles. The minimum Gasteiger partial charge on any atom is -0.548 e. The molecule has 1 atom stereocenters. The summed E-state index contributed by atoms with van der Waals surface area (Å²) in [5.74, 6) is -1.40. The molecule has 0 heterocycles. The molecule has 0 saturated carbocycles. The van der Waals surface area contributed by atoms with Gasteiger partial charge in [0.1, 0.15) is 5.60 Å². The van der Waals surface area contributed by atoms with Gasteiger partial charge in [-0.25, -0.2) is 4.79 Å². The highest BCUT2D eigenvalue weighted by molar-refractivity contribution is 5.94. The fourth-order valence-electron chi connectivity index (χ4n) is 1.60. The van der Waals surface area contributed by atoms with E-state index in [2.05, 4.69) is 0 Å². The van der Waals surface area contributed by atoms with Gasteiger partial charge in [0.05, 0.1) is 23.6 Å². The molecule has 1 aromatic rings. The van der Waals surface area contributed by atoms with E-state index in [0.29, 0.717) is 11.3 Å². The predicted molar refractivity (Wildman–Crippen MR) is 74.3 cm³/mol. The Balaban J connectivity index is 3.16. The molecular weight excluding hydrogens is 272 g/mol. The Morgan fingerprint density at radius 3 is 2.19 bits per heavy atom. The highest BCUT2D eigenvalue weighted by atomic mass is 16.6. The van der Waals surface area contributed by atoms with E-state index in [0.717, 1.165) is 4.90 Å². The lowest BCUT2D eigenvalue weighted by atomic mass is 10.1. The summed E-state index contributed by atoms with van der Waals surface area (Å²) in [6.07, 6.45) is -0.788. The highest BCUT2D eigenvalue weighted by Crippen LogP contribution is 2.21. The average molecular weight is 289 g/mol. The summed E-state index contributed by atoms with van der Waals surface area (Å²) in [5, 5.41) is 19.9. The molecule has 1 amide bonds. The summed E-state index contributed by atoms with van der Waals surface area (Å²) in [7, 11) is 0. The molecule has 1 rings (SSSR count). The van der Waals surface area contributed by atoms with Crippen molar-refractivity contribution in [2.75, 3.05) is 4.90 Å². The molecular formula is C15H17N2O4-. The summed E-state index contributed by atoms with van der Waals surface area (Å²) in [6, 6.07) is 6.71. The van der Waals surface area contributed by atoms with Gasteiger partial charge >= 0.3 is 6.09 Å². The van der Waals surface area contributed by atoms with Crippen molar-refractivity contribution < 1.29 is 19.4 Å². The Morgan fingerprint density at radius 2 is 1.81 bits per heavy atom. The van der Waals surface area contributed by atoms with E-state index >= 15 is 0 Å². The molecule has 0 aliphatic heterocycles. The van der Waals surface area contributed by atoms with Gasteiger partial charge in [0, 0.05) is 5.69 Å². The Labute approximate surface area is 123 Å². The molecule has 0 fully saturated rings. The first kappa shape index (κ1) is 16.5. The van der Waals surface area contributed by atoms with Crippen LogP contribution in [0.25, 0.3) is 0 Å². The summed E-state index contributed by atoms with van der Waals surface area (Å²) in [5.41, 5.74) is -0.0305. The summed E-state index contributed by atoms with van der Waals surface area (Å²) in [4.78, 5) is 24.3. The molecule has 0 saturated heterocycles. The zero-order valence-corrected chi connectivity index (χ0v) is 12.4. The molecule has 1 aromatic carbocycles. The Bertz CT molecular complexity index is 567. The molecule has 112 valence electrons.